The van der Waals surface area contributed by atoms with Gasteiger partial charge in [-0.1, -0.05) is 20.3 Å². The maximum absolute atomic E-state index is 11.8. The molecular formula is C18H34N2O2. The van der Waals surface area contributed by atoms with Crippen LogP contribution >= 0.6 is 0 Å². The Bertz CT molecular complexity index is 378. The highest BCUT2D eigenvalue weighted by Gasteiger charge is 2.35. The number of alkyl carbamates (subject to hydrolysis) is 1. The number of carbonyl (C=O) groups is 1. The van der Waals surface area contributed by atoms with Crippen LogP contribution in [0.3, 0.4) is 0 Å². The monoisotopic (exact) mass is 310 g/mol. The van der Waals surface area contributed by atoms with Crippen LogP contribution in [-0.4, -0.2) is 29.8 Å². The van der Waals surface area contributed by atoms with E-state index >= 15 is 0 Å². The Morgan fingerprint density at radius 1 is 1.14 bits per heavy atom. The van der Waals surface area contributed by atoms with Crippen LogP contribution in [0.1, 0.15) is 73.1 Å². The molecule has 2 aliphatic carbocycles. The molecule has 0 aromatic heterocycles. The summed E-state index contributed by atoms with van der Waals surface area (Å²) in [5.41, 5.74) is -0.422. The first-order valence-corrected chi connectivity index (χ1v) is 9.04. The molecule has 1 amide bonds. The molecule has 2 rings (SSSR count). The maximum atomic E-state index is 11.8. The number of amides is 1. The number of hydrogen-bond donors (Lipinski definition) is 2. The molecule has 4 heteroatoms. The first-order chi connectivity index (χ1) is 10.3. The average molecular weight is 310 g/mol. The lowest BCUT2D eigenvalue weighted by atomic mass is 9.93. The van der Waals surface area contributed by atoms with Crippen molar-refractivity contribution in [3.8, 4) is 0 Å². The van der Waals surface area contributed by atoms with E-state index in [1.165, 1.54) is 19.3 Å². The van der Waals surface area contributed by atoms with Crippen molar-refractivity contribution in [2.24, 2.45) is 11.8 Å². The molecule has 0 saturated heterocycles. The van der Waals surface area contributed by atoms with Gasteiger partial charge in [-0.15, -0.1) is 0 Å². The lowest BCUT2D eigenvalue weighted by molar-refractivity contribution is 0.0505. The number of hydrogen-bond acceptors (Lipinski definition) is 3. The highest BCUT2D eigenvalue weighted by atomic mass is 16.6. The van der Waals surface area contributed by atoms with Crippen LogP contribution in [0.4, 0.5) is 4.79 Å². The van der Waals surface area contributed by atoms with Crippen LogP contribution < -0.4 is 10.6 Å². The van der Waals surface area contributed by atoms with Crippen molar-refractivity contribution in [1.29, 1.82) is 0 Å². The van der Waals surface area contributed by atoms with E-state index in [1.807, 2.05) is 20.8 Å². The van der Waals surface area contributed by atoms with Crippen LogP contribution in [0.25, 0.3) is 0 Å². The molecule has 5 atom stereocenters. The molecule has 2 N–H and O–H groups in total. The maximum Gasteiger partial charge on any atom is 0.407 e. The lowest BCUT2D eigenvalue weighted by Gasteiger charge is -2.25. The summed E-state index contributed by atoms with van der Waals surface area (Å²) in [7, 11) is 0. The van der Waals surface area contributed by atoms with Crippen molar-refractivity contribution in [3.63, 3.8) is 0 Å². The third-order valence-corrected chi connectivity index (χ3v) is 5.35. The molecule has 22 heavy (non-hydrogen) atoms. The van der Waals surface area contributed by atoms with Gasteiger partial charge < -0.3 is 15.4 Å². The normalized spacial score (nSPS) is 35.6. The fraction of sp³-hybridized carbons (Fsp3) is 0.944. The van der Waals surface area contributed by atoms with E-state index in [0.717, 1.165) is 31.1 Å². The van der Waals surface area contributed by atoms with Gasteiger partial charge in [0.1, 0.15) is 5.60 Å². The molecule has 0 bridgehead atoms. The topological polar surface area (TPSA) is 50.4 Å². The molecule has 0 aromatic carbocycles. The Labute approximate surface area is 135 Å². The van der Waals surface area contributed by atoms with E-state index in [9.17, 15) is 4.79 Å². The molecule has 5 unspecified atom stereocenters. The number of ether oxygens (including phenoxy) is 1. The number of rotatable bonds is 4. The second kappa shape index (κ2) is 7.20. The van der Waals surface area contributed by atoms with E-state index in [2.05, 4.69) is 24.5 Å². The van der Waals surface area contributed by atoms with E-state index in [0.29, 0.717) is 12.1 Å². The van der Waals surface area contributed by atoms with Crippen LogP contribution in [-0.2, 0) is 4.74 Å². The SMILES string of the molecule is CCC1CCC(NC2CCC(NC(=O)OC(C)(C)C)C2)C1C. The van der Waals surface area contributed by atoms with Crippen LogP contribution in [0.5, 0.6) is 0 Å². The largest absolute Gasteiger partial charge is 0.444 e. The van der Waals surface area contributed by atoms with Gasteiger partial charge in [-0.05, 0) is 64.7 Å². The zero-order valence-corrected chi connectivity index (χ0v) is 14.9. The van der Waals surface area contributed by atoms with E-state index in [-0.39, 0.29) is 12.1 Å². The summed E-state index contributed by atoms with van der Waals surface area (Å²) in [6.07, 6.45) is 6.92. The van der Waals surface area contributed by atoms with Gasteiger partial charge >= 0.3 is 6.09 Å². The van der Waals surface area contributed by atoms with Crippen molar-refractivity contribution in [3.05, 3.63) is 0 Å². The van der Waals surface area contributed by atoms with Crippen LogP contribution in [0.15, 0.2) is 0 Å². The van der Waals surface area contributed by atoms with Gasteiger partial charge in [-0.3, -0.25) is 0 Å². The summed E-state index contributed by atoms with van der Waals surface area (Å²) < 4.78 is 5.34. The van der Waals surface area contributed by atoms with Crippen molar-refractivity contribution in [2.45, 2.75) is 96.9 Å². The van der Waals surface area contributed by atoms with Gasteiger partial charge in [0.05, 0.1) is 0 Å². The lowest BCUT2D eigenvalue weighted by Crippen LogP contribution is -2.42. The van der Waals surface area contributed by atoms with E-state index in [1.54, 1.807) is 0 Å². The quantitative estimate of drug-likeness (QED) is 0.829. The number of carbonyl (C=O) groups excluding carboxylic acids is 1. The first-order valence-electron chi connectivity index (χ1n) is 9.04. The molecule has 0 aliphatic heterocycles. The Kier molecular flexibility index (Phi) is 5.76. The summed E-state index contributed by atoms with van der Waals surface area (Å²) in [5.74, 6) is 1.66. The van der Waals surface area contributed by atoms with Crippen LogP contribution in [0, 0.1) is 11.8 Å². The van der Waals surface area contributed by atoms with Crippen molar-refractivity contribution in [2.75, 3.05) is 0 Å². The molecular weight excluding hydrogens is 276 g/mol. The van der Waals surface area contributed by atoms with Crippen molar-refractivity contribution >= 4 is 6.09 Å². The van der Waals surface area contributed by atoms with Gasteiger partial charge in [0.15, 0.2) is 0 Å². The number of nitrogens with one attached hydrogen (secondary N) is 2. The molecule has 0 heterocycles. The highest BCUT2D eigenvalue weighted by molar-refractivity contribution is 5.68. The Balaban J connectivity index is 1.73. The predicted molar refractivity (Wildman–Crippen MR) is 89.9 cm³/mol. The zero-order valence-electron chi connectivity index (χ0n) is 14.9. The first kappa shape index (κ1) is 17.6. The molecule has 4 nitrogen and oxygen atoms in total. The molecule has 2 fully saturated rings. The fourth-order valence-corrected chi connectivity index (χ4v) is 4.10. The molecule has 128 valence electrons. The van der Waals surface area contributed by atoms with Gasteiger partial charge in [0.2, 0.25) is 0 Å². The van der Waals surface area contributed by atoms with Gasteiger partial charge in [-0.25, -0.2) is 4.79 Å². The van der Waals surface area contributed by atoms with Crippen LogP contribution in [0.2, 0.25) is 0 Å². The minimum absolute atomic E-state index is 0.256. The predicted octanol–water partition coefficient (Wildman–Crippen LogP) is 3.85. The summed E-state index contributed by atoms with van der Waals surface area (Å²) in [5, 5.41) is 6.87. The van der Waals surface area contributed by atoms with E-state index < -0.39 is 5.60 Å². The van der Waals surface area contributed by atoms with Crippen molar-refractivity contribution in [1.82, 2.24) is 10.6 Å². The average Bonchev–Trinajstić information content (AvgIpc) is 2.96. The fourth-order valence-electron chi connectivity index (χ4n) is 4.10. The Morgan fingerprint density at radius 2 is 1.82 bits per heavy atom. The van der Waals surface area contributed by atoms with Gasteiger partial charge in [0.25, 0.3) is 0 Å². The third kappa shape index (κ3) is 4.87. The zero-order chi connectivity index (χ0) is 16.3. The molecule has 0 aromatic rings. The minimum atomic E-state index is -0.422. The summed E-state index contributed by atoms with van der Waals surface area (Å²) in [4.78, 5) is 11.8. The highest BCUT2D eigenvalue weighted by Crippen LogP contribution is 2.35. The van der Waals surface area contributed by atoms with Crippen molar-refractivity contribution < 1.29 is 9.53 Å². The molecule has 2 aliphatic rings. The van der Waals surface area contributed by atoms with E-state index in [4.69, 9.17) is 4.74 Å². The molecule has 0 spiro atoms. The Hall–Kier alpha value is -0.770. The Morgan fingerprint density at radius 3 is 2.41 bits per heavy atom. The second-order valence-corrected chi connectivity index (χ2v) is 8.23. The standard InChI is InChI=1S/C18H34N2O2/c1-6-13-7-10-16(12(13)2)19-14-8-9-15(11-14)20-17(21)22-18(3,4)5/h12-16,19H,6-11H2,1-5H3,(H,20,21). The molecule has 0 radical (unpaired) electrons. The van der Waals surface area contributed by atoms with Gasteiger partial charge in [-0.2, -0.15) is 0 Å². The summed E-state index contributed by atoms with van der Waals surface area (Å²) in [6, 6.07) is 1.46. The molecule has 2 saturated carbocycles. The summed E-state index contributed by atoms with van der Waals surface area (Å²) in [6.45, 7) is 10.4. The second-order valence-electron chi connectivity index (χ2n) is 8.23. The third-order valence-electron chi connectivity index (χ3n) is 5.35. The van der Waals surface area contributed by atoms with Gasteiger partial charge in [0, 0.05) is 18.1 Å². The summed E-state index contributed by atoms with van der Waals surface area (Å²) >= 11 is 0. The smallest absolute Gasteiger partial charge is 0.407 e. The minimum Gasteiger partial charge on any atom is -0.444 e.